The fraction of sp³-hybridized carbons (Fsp3) is 0.625. The summed E-state index contributed by atoms with van der Waals surface area (Å²) in [5, 5.41) is 3.31. The average molecular weight is 360 g/mol. The van der Waals surface area contributed by atoms with E-state index >= 15 is 0 Å². The minimum atomic E-state index is 0.557. The van der Waals surface area contributed by atoms with Crippen molar-refractivity contribution in [1.29, 1.82) is 0 Å². The predicted octanol–water partition coefficient (Wildman–Crippen LogP) is 3.24. The van der Waals surface area contributed by atoms with Gasteiger partial charge in [0.25, 0.3) is 0 Å². The highest BCUT2D eigenvalue weighted by Crippen LogP contribution is 2.25. The molecule has 1 rings (SSSR count). The molecule has 0 saturated heterocycles. The van der Waals surface area contributed by atoms with Crippen molar-refractivity contribution in [2.24, 2.45) is 5.92 Å². The molecular formula is C16H26BrNO3. The summed E-state index contributed by atoms with van der Waals surface area (Å²) in [5.41, 5.74) is 1.21. The number of benzene rings is 1. The van der Waals surface area contributed by atoms with Crippen LogP contribution in [0, 0.1) is 5.92 Å². The van der Waals surface area contributed by atoms with E-state index in [-0.39, 0.29) is 0 Å². The van der Waals surface area contributed by atoms with Gasteiger partial charge < -0.3 is 19.5 Å². The molecule has 4 nitrogen and oxygen atoms in total. The molecule has 0 bridgehead atoms. The molecule has 5 heteroatoms. The molecule has 120 valence electrons. The SMILES string of the molecule is COCCNCc1ccc(OCCOCC(C)C)c(Br)c1. The smallest absolute Gasteiger partial charge is 0.133 e. The lowest BCUT2D eigenvalue weighted by molar-refractivity contribution is 0.0817. The second kappa shape index (κ2) is 11.0. The summed E-state index contributed by atoms with van der Waals surface area (Å²) in [6.07, 6.45) is 0. The van der Waals surface area contributed by atoms with Crippen LogP contribution < -0.4 is 10.1 Å². The molecule has 0 radical (unpaired) electrons. The van der Waals surface area contributed by atoms with Crippen molar-refractivity contribution in [3.05, 3.63) is 28.2 Å². The van der Waals surface area contributed by atoms with Gasteiger partial charge in [0.15, 0.2) is 0 Å². The monoisotopic (exact) mass is 359 g/mol. The largest absolute Gasteiger partial charge is 0.490 e. The number of halogens is 1. The predicted molar refractivity (Wildman–Crippen MR) is 88.9 cm³/mol. The van der Waals surface area contributed by atoms with E-state index in [4.69, 9.17) is 14.2 Å². The second-order valence-electron chi connectivity index (χ2n) is 5.25. The first-order valence-electron chi connectivity index (χ1n) is 7.32. The Labute approximate surface area is 136 Å². The molecule has 21 heavy (non-hydrogen) atoms. The summed E-state index contributed by atoms with van der Waals surface area (Å²) < 4.78 is 17.2. The first-order chi connectivity index (χ1) is 10.1. The Morgan fingerprint density at radius 2 is 2.00 bits per heavy atom. The van der Waals surface area contributed by atoms with Gasteiger partial charge in [-0.3, -0.25) is 0 Å². The van der Waals surface area contributed by atoms with E-state index in [0.717, 1.165) is 36.5 Å². The van der Waals surface area contributed by atoms with Gasteiger partial charge in [0, 0.05) is 26.8 Å². The fourth-order valence-corrected chi connectivity index (χ4v) is 2.25. The maximum Gasteiger partial charge on any atom is 0.133 e. The van der Waals surface area contributed by atoms with Crippen molar-refractivity contribution in [3.63, 3.8) is 0 Å². The van der Waals surface area contributed by atoms with Gasteiger partial charge in [-0.05, 0) is 39.5 Å². The Morgan fingerprint density at radius 3 is 2.67 bits per heavy atom. The van der Waals surface area contributed by atoms with E-state index in [9.17, 15) is 0 Å². The molecule has 0 heterocycles. The summed E-state index contributed by atoms with van der Waals surface area (Å²) in [6, 6.07) is 6.12. The number of hydrogen-bond donors (Lipinski definition) is 1. The molecule has 0 atom stereocenters. The van der Waals surface area contributed by atoms with Crippen molar-refractivity contribution >= 4 is 15.9 Å². The third-order valence-electron chi connectivity index (χ3n) is 2.74. The van der Waals surface area contributed by atoms with E-state index in [1.807, 2.05) is 6.07 Å². The molecule has 0 unspecified atom stereocenters. The molecule has 1 aromatic carbocycles. The van der Waals surface area contributed by atoms with E-state index in [2.05, 4.69) is 47.2 Å². The minimum absolute atomic E-state index is 0.557. The lowest BCUT2D eigenvalue weighted by Crippen LogP contribution is -2.18. The Balaban J connectivity index is 2.29. The molecule has 1 aromatic rings. The zero-order valence-corrected chi connectivity index (χ0v) is 14.7. The van der Waals surface area contributed by atoms with Gasteiger partial charge in [0.1, 0.15) is 12.4 Å². The van der Waals surface area contributed by atoms with Crippen LogP contribution in [0.4, 0.5) is 0 Å². The fourth-order valence-electron chi connectivity index (χ4n) is 1.71. The van der Waals surface area contributed by atoms with Crippen LogP contribution in [-0.2, 0) is 16.0 Å². The zero-order chi connectivity index (χ0) is 15.5. The van der Waals surface area contributed by atoms with Crippen molar-refractivity contribution in [2.45, 2.75) is 20.4 Å². The molecule has 0 saturated carbocycles. The van der Waals surface area contributed by atoms with E-state index < -0.39 is 0 Å². The summed E-state index contributed by atoms with van der Waals surface area (Å²) in [5.74, 6) is 1.41. The van der Waals surface area contributed by atoms with Gasteiger partial charge in [0.05, 0.1) is 17.7 Å². The lowest BCUT2D eigenvalue weighted by Gasteiger charge is -2.11. The van der Waals surface area contributed by atoms with Crippen LogP contribution in [0.3, 0.4) is 0 Å². The van der Waals surface area contributed by atoms with Gasteiger partial charge in [-0.25, -0.2) is 0 Å². The van der Waals surface area contributed by atoms with Crippen molar-refractivity contribution in [3.8, 4) is 5.75 Å². The van der Waals surface area contributed by atoms with Crippen LogP contribution in [-0.4, -0.2) is 40.1 Å². The molecule has 0 amide bonds. The van der Waals surface area contributed by atoms with Gasteiger partial charge in [-0.15, -0.1) is 0 Å². The zero-order valence-electron chi connectivity index (χ0n) is 13.2. The third kappa shape index (κ3) is 8.41. The second-order valence-corrected chi connectivity index (χ2v) is 6.11. The molecule has 0 fully saturated rings. The summed E-state index contributed by atoms with van der Waals surface area (Å²) in [7, 11) is 1.70. The molecular weight excluding hydrogens is 334 g/mol. The van der Waals surface area contributed by atoms with Crippen molar-refractivity contribution in [1.82, 2.24) is 5.32 Å². The minimum Gasteiger partial charge on any atom is -0.490 e. The van der Waals surface area contributed by atoms with Gasteiger partial charge in [-0.2, -0.15) is 0 Å². The molecule has 1 N–H and O–H groups in total. The quantitative estimate of drug-likeness (QED) is 0.615. The Hall–Kier alpha value is -0.620. The number of rotatable bonds is 11. The topological polar surface area (TPSA) is 39.7 Å². The highest BCUT2D eigenvalue weighted by atomic mass is 79.9. The first-order valence-corrected chi connectivity index (χ1v) is 8.11. The number of methoxy groups -OCH3 is 1. The summed E-state index contributed by atoms with van der Waals surface area (Å²) >= 11 is 3.54. The average Bonchev–Trinajstić information content (AvgIpc) is 2.45. The highest BCUT2D eigenvalue weighted by Gasteiger charge is 2.03. The Morgan fingerprint density at radius 1 is 1.19 bits per heavy atom. The highest BCUT2D eigenvalue weighted by molar-refractivity contribution is 9.10. The molecule has 0 aromatic heterocycles. The van der Waals surface area contributed by atoms with Crippen LogP contribution in [0.1, 0.15) is 19.4 Å². The maximum absolute atomic E-state index is 5.70. The third-order valence-corrected chi connectivity index (χ3v) is 3.36. The van der Waals surface area contributed by atoms with Crippen LogP contribution in [0.25, 0.3) is 0 Å². The first kappa shape index (κ1) is 18.4. The maximum atomic E-state index is 5.70. The van der Waals surface area contributed by atoms with Crippen LogP contribution in [0.5, 0.6) is 5.75 Å². The van der Waals surface area contributed by atoms with Gasteiger partial charge >= 0.3 is 0 Å². The number of hydrogen-bond acceptors (Lipinski definition) is 4. The van der Waals surface area contributed by atoms with Crippen molar-refractivity contribution < 1.29 is 14.2 Å². The normalized spacial score (nSPS) is 11.1. The summed E-state index contributed by atoms with van der Waals surface area (Å²) in [4.78, 5) is 0. The van der Waals surface area contributed by atoms with Crippen LogP contribution in [0.15, 0.2) is 22.7 Å². The number of ether oxygens (including phenoxy) is 3. The van der Waals surface area contributed by atoms with Crippen molar-refractivity contribution in [2.75, 3.05) is 40.1 Å². The van der Waals surface area contributed by atoms with Gasteiger partial charge in [0.2, 0.25) is 0 Å². The van der Waals surface area contributed by atoms with Crippen LogP contribution >= 0.6 is 15.9 Å². The summed E-state index contributed by atoms with van der Waals surface area (Å²) in [6.45, 7) is 8.62. The lowest BCUT2D eigenvalue weighted by atomic mass is 10.2. The Kier molecular flexibility index (Phi) is 9.67. The molecule has 0 spiro atoms. The molecule has 0 aliphatic rings. The Bertz CT molecular complexity index is 399. The molecule has 0 aliphatic heterocycles. The van der Waals surface area contributed by atoms with Crippen LogP contribution in [0.2, 0.25) is 0 Å². The van der Waals surface area contributed by atoms with Gasteiger partial charge in [-0.1, -0.05) is 19.9 Å². The van der Waals surface area contributed by atoms with E-state index in [1.165, 1.54) is 5.56 Å². The molecule has 0 aliphatic carbocycles. The van der Waals surface area contributed by atoms with E-state index in [0.29, 0.717) is 19.1 Å². The standard InChI is InChI=1S/C16H26BrNO3/c1-13(2)12-20-8-9-21-16-5-4-14(10-15(16)17)11-18-6-7-19-3/h4-5,10,13,18H,6-9,11-12H2,1-3H3. The number of nitrogens with one attached hydrogen (secondary N) is 1. The van der Waals surface area contributed by atoms with E-state index in [1.54, 1.807) is 7.11 Å².